The topological polar surface area (TPSA) is 88.8 Å². The maximum atomic E-state index is 12.7. The standard InChI is InChI=1S/C25H26N2O5/c1-25(2,3)27-14-16(11-23(27)29)24(30)26-17-7-5-15(6-8-17)22-13-20(28)19-12-18(31-4)9-10-21(19)32-22/h5-10,12-13,16H,11,14H2,1-4H3,(H,26,30). The Balaban J connectivity index is 1.50. The lowest BCUT2D eigenvalue weighted by Gasteiger charge is -2.31. The summed E-state index contributed by atoms with van der Waals surface area (Å²) in [5, 5.41) is 3.34. The van der Waals surface area contributed by atoms with Gasteiger partial charge in [-0.05, 0) is 63.2 Å². The number of carbonyl (C=O) groups is 2. The van der Waals surface area contributed by atoms with Gasteiger partial charge in [0.15, 0.2) is 5.43 Å². The molecule has 1 aromatic heterocycles. The molecule has 1 fully saturated rings. The van der Waals surface area contributed by atoms with E-state index in [0.29, 0.717) is 40.3 Å². The van der Waals surface area contributed by atoms with Gasteiger partial charge in [-0.3, -0.25) is 14.4 Å². The second-order valence-electron chi connectivity index (χ2n) is 8.98. The van der Waals surface area contributed by atoms with E-state index in [-0.39, 0.29) is 35.1 Å². The molecule has 1 atom stereocenters. The number of carbonyl (C=O) groups excluding carboxylic acids is 2. The van der Waals surface area contributed by atoms with Crippen LogP contribution in [0.3, 0.4) is 0 Å². The van der Waals surface area contributed by atoms with E-state index in [1.807, 2.05) is 20.8 Å². The molecule has 0 spiro atoms. The van der Waals surface area contributed by atoms with Gasteiger partial charge < -0.3 is 19.4 Å². The van der Waals surface area contributed by atoms with Crippen LogP contribution in [0.15, 0.2) is 57.7 Å². The molecule has 7 nitrogen and oxygen atoms in total. The van der Waals surface area contributed by atoms with E-state index in [2.05, 4.69) is 5.32 Å². The summed E-state index contributed by atoms with van der Waals surface area (Å²) >= 11 is 0. The van der Waals surface area contributed by atoms with Crippen LogP contribution in [0, 0.1) is 5.92 Å². The smallest absolute Gasteiger partial charge is 0.229 e. The fourth-order valence-electron chi connectivity index (χ4n) is 3.90. The minimum atomic E-state index is -0.378. The Bertz CT molecular complexity index is 1240. The molecular weight excluding hydrogens is 408 g/mol. The number of anilines is 1. The molecular formula is C25H26N2O5. The van der Waals surface area contributed by atoms with E-state index in [4.69, 9.17) is 9.15 Å². The molecule has 0 aliphatic carbocycles. The van der Waals surface area contributed by atoms with Gasteiger partial charge >= 0.3 is 0 Å². The molecule has 32 heavy (non-hydrogen) atoms. The molecule has 4 rings (SSSR count). The number of methoxy groups -OCH3 is 1. The van der Waals surface area contributed by atoms with E-state index < -0.39 is 0 Å². The number of hydrogen-bond donors (Lipinski definition) is 1. The molecule has 1 unspecified atom stereocenters. The van der Waals surface area contributed by atoms with Gasteiger partial charge in [-0.1, -0.05) is 0 Å². The number of nitrogens with one attached hydrogen (secondary N) is 1. The summed E-state index contributed by atoms with van der Waals surface area (Å²) < 4.78 is 11.1. The maximum absolute atomic E-state index is 12.7. The van der Waals surface area contributed by atoms with Gasteiger partial charge in [-0.2, -0.15) is 0 Å². The van der Waals surface area contributed by atoms with Gasteiger partial charge in [0.25, 0.3) is 0 Å². The lowest BCUT2D eigenvalue weighted by Crippen LogP contribution is -2.42. The van der Waals surface area contributed by atoms with Gasteiger partial charge in [0, 0.05) is 35.8 Å². The van der Waals surface area contributed by atoms with Crippen molar-refractivity contribution in [2.45, 2.75) is 32.7 Å². The molecule has 2 aromatic carbocycles. The van der Waals surface area contributed by atoms with Crippen LogP contribution in [0.25, 0.3) is 22.3 Å². The Hall–Kier alpha value is -3.61. The Morgan fingerprint density at radius 3 is 2.44 bits per heavy atom. The highest BCUT2D eigenvalue weighted by Crippen LogP contribution is 2.28. The normalized spacial score (nSPS) is 16.4. The van der Waals surface area contributed by atoms with E-state index in [9.17, 15) is 14.4 Å². The van der Waals surface area contributed by atoms with Gasteiger partial charge in [0.2, 0.25) is 11.8 Å². The van der Waals surface area contributed by atoms with Crippen molar-refractivity contribution in [3.05, 3.63) is 58.8 Å². The highest BCUT2D eigenvalue weighted by atomic mass is 16.5. The van der Waals surface area contributed by atoms with Crippen LogP contribution in [0.2, 0.25) is 0 Å². The highest BCUT2D eigenvalue weighted by molar-refractivity contribution is 5.97. The first-order valence-electron chi connectivity index (χ1n) is 10.5. The molecule has 166 valence electrons. The average molecular weight is 434 g/mol. The maximum Gasteiger partial charge on any atom is 0.229 e. The Kier molecular flexibility index (Phi) is 5.50. The summed E-state index contributed by atoms with van der Waals surface area (Å²) in [6, 6.07) is 13.6. The second kappa shape index (κ2) is 8.15. The summed E-state index contributed by atoms with van der Waals surface area (Å²) in [5.41, 5.74) is 1.34. The molecule has 1 saturated heterocycles. The third kappa shape index (κ3) is 4.23. The van der Waals surface area contributed by atoms with Crippen LogP contribution in [0.1, 0.15) is 27.2 Å². The molecule has 1 N–H and O–H groups in total. The zero-order valence-electron chi connectivity index (χ0n) is 18.6. The number of fused-ring (bicyclic) bond motifs is 1. The van der Waals surface area contributed by atoms with Crippen LogP contribution < -0.4 is 15.5 Å². The quantitative estimate of drug-likeness (QED) is 0.669. The number of benzene rings is 2. The molecule has 0 saturated carbocycles. The summed E-state index contributed by atoms with van der Waals surface area (Å²) in [4.78, 5) is 39.2. The Labute approximate surface area is 186 Å². The predicted octanol–water partition coefficient (Wildman–Crippen LogP) is 4.05. The van der Waals surface area contributed by atoms with Crippen molar-refractivity contribution < 1.29 is 18.7 Å². The lowest BCUT2D eigenvalue weighted by atomic mass is 10.1. The number of rotatable bonds is 4. The first-order valence-corrected chi connectivity index (χ1v) is 10.5. The minimum Gasteiger partial charge on any atom is -0.497 e. The van der Waals surface area contributed by atoms with E-state index in [1.165, 1.54) is 6.07 Å². The summed E-state index contributed by atoms with van der Waals surface area (Å²) in [7, 11) is 1.54. The van der Waals surface area contributed by atoms with Crippen molar-refractivity contribution in [1.82, 2.24) is 4.90 Å². The molecule has 7 heteroatoms. The summed E-state index contributed by atoms with van der Waals surface area (Å²) in [5.74, 6) is 0.470. The molecule has 0 radical (unpaired) electrons. The van der Waals surface area contributed by atoms with Gasteiger partial charge in [-0.25, -0.2) is 0 Å². The van der Waals surface area contributed by atoms with Gasteiger partial charge in [0.1, 0.15) is 17.1 Å². The second-order valence-corrected chi connectivity index (χ2v) is 8.98. The van der Waals surface area contributed by atoms with Crippen LogP contribution >= 0.6 is 0 Å². The number of nitrogens with zero attached hydrogens (tertiary/aromatic N) is 1. The van der Waals surface area contributed by atoms with E-state index >= 15 is 0 Å². The van der Waals surface area contributed by atoms with Crippen LogP contribution in [0.4, 0.5) is 5.69 Å². The molecule has 1 aliphatic heterocycles. The third-order valence-corrected chi connectivity index (χ3v) is 5.68. The first kappa shape index (κ1) is 21.6. The monoisotopic (exact) mass is 434 g/mol. The molecule has 2 heterocycles. The zero-order valence-corrected chi connectivity index (χ0v) is 18.6. The molecule has 3 aromatic rings. The number of ether oxygens (including phenoxy) is 1. The third-order valence-electron chi connectivity index (χ3n) is 5.68. The number of hydrogen-bond acceptors (Lipinski definition) is 5. The van der Waals surface area contributed by atoms with Crippen molar-refractivity contribution in [2.75, 3.05) is 19.0 Å². The van der Waals surface area contributed by atoms with Crippen molar-refractivity contribution in [3.8, 4) is 17.1 Å². The van der Waals surface area contributed by atoms with Crippen LogP contribution in [-0.2, 0) is 9.59 Å². The Morgan fingerprint density at radius 1 is 1.09 bits per heavy atom. The summed E-state index contributed by atoms with van der Waals surface area (Å²) in [6.07, 6.45) is 0.216. The number of amides is 2. The van der Waals surface area contributed by atoms with Crippen molar-refractivity contribution in [2.24, 2.45) is 5.92 Å². The molecule has 1 aliphatic rings. The predicted molar refractivity (Wildman–Crippen MR) is 123 cm³/mol. The highest BCUT2D eigenvalue weighted by Gasteiger charge is 2.39. The Morgan fingerprint density at radius 2 is 1.81 bits per heavy atom. The largest absolute Gasteiger partial charge is 0.497 e. The minimum absolute atomic E-state index is 0.00282. The van der Waals surface area contributed by atoms with Crippen LogP contribution in [-0.4, -0.2) is 35.9 Å². The van der Waals surface area contributed by atoms with E-state index in [1.54, 1.807) is 54.5 Å². The fraction of sp³-hybridized carbons (Fsp3) is 0.320. The van der Waals surface area contributed by atoms with Gasteiger partial charge in [-0.15, -0.1) is 0 Å². The average Bonchev–Trinajstić information content (AvgIpc) is 3.16. The van der Waals surface area contributed by atoms with Crippen LogP contribution in [0.5, 0.6) is 5.75 Å². The first-order chi connectivity index (χ1) is 15.2. The molecule has 2 amide bonds. The van der Waals surface area contributed by atoms with E-state index in [0.717, 1.165) is 0 Å². The van der Waals surface area contributed by atoms with Crippen molar-refractivity contribution in [1.29, 1.82) is 0 Å². The molecule has 0 bridgehead atoms. The summed E-state index contributed by atoms with van der Waals surface area (Å²) in [6.45, 7) is 6.31. The fourth-order valence-corrected chi connectivity index (χ4v) is 3.90. The van der Waals surface area contributed by atoms with Crippen molar-refractivity contribution in [3.63, 3.8) is 0 Å². The zero-order chi connectivity index (χ0) is 23.0. The van der Waals surface area contributed by atoms with Crippen molar-refractivity contribution >= 4 is 28.5 Å². The van der Waals surface area contributed by atoms with Gasteiger partial charge in [0.05, 0.1) is 18.4 Å². The lowest BCUT2D eigenvalue weighted by molar-refractivity contribution is -0.131. The SMILES string of the molecule is COc1ccc2oc(-c3ccc(NC(=O)C4CC(=O)N(C(C)(C)C)C4)cc3)cc(=O)c2c1. The number of likely N-dealkylation sites (tertiary alicyclic amines) is 1.